The molecule has 0 unspecified atom stereocenters. The molecule has 0 aliphatic carbocycles. The Kier molecular flexibility index (Phi) is 3.31. The van der Waals surface area contributed by atoms with Crippen LogP contribution in [0.5, 0.6) is 5.88 Å². The van der Waals surface area contributed by atoms with E-state index in [1.54, 1.807) is 26.7 Å². The Morgan fingerprint density at radius 2 is 2.15 bits per heavy atom. The van der Waals surface area contributed by atoms with Crippen LogP contribution < -0.4 is 4.74 Å². The Balaban J connectivity index is 2.91. The molecule has 0 spiro atoms. The molecule has 1 heterocycles. The van der Waals surface area contributed by atoms with Crippen molar-refractivity contribution in [2.45, 2.75) is 6.92 Å². The molecule has 3 nitrogen and oxygen atoms in total. The van der Waals surface area contributed by atoms with Gasteiger partial charge >= 0.3 is 0 Å². The van der Waals surface area contributed by atoms with Gasteiger partial charge in [0.05, 0.1) is 20.5 Å². The van der Waals surface area contributed by atoms with Gasteiger partial charge in [-0.2, -0.15) is 0 Å². The maximum atomic E-state index is 4.99. The van der Waals surface area contributed by atoms with Crippen molar-refractivity contribution < 1.29 is 9.47 Å². The van der Waals surface area contributed by atoms with Gasteiger partial charge in [0, 0.05) is 12.3 Å². The van der Waals surface area contributed by atoms with E-state index in [-0.39, 0.29) is 0 Å². The normalized spacial score (nSPS) is 10.4. The van der Waals surface area contributed by atoms with Crippen LogP contribution in [0.2, 0.25) is 0 Å². The molecule has 0 N–H and O–H groups in total. The molecule has 0 atom stereocenters. The van der Waals surface area contributed by atoms with Gasteiger partial charge in [0.25, 0.3) is 0 Å². The summed E-state index contributed by atoms with van der Waals surface area (Å²) in [6.45, 7) is 2.00. The van der Waals surface area contributed by atoms with E-state index < -0.39 is 0 Å². The lowest BCUT2D eigenvalue weighted by atomic mass is 10.1. The van der Waals surface area contributed by atoms with Gasteiger partial charge in [-0.3, -0.25) is 0 Å². The number of nitrogens with zero attached hydrogens (tertiary/aromatic N) is 1. The highest BCUT2D eigenvalue weighted by Crippen LogP contribution is 2.14. The van der Waals surface area contributed by atoms with E-state index in [9.17, 15) is 0 Å². The van der Waals surface area contributed by atoms with E-state index >= 15 is 0 Å². The summed E-state index contributed by atoms with van der Waals surface area (Å²) >= 11 is 0. The molecule has 0 aromatic carbocycles. The van der Waals surface area contributed by atoms with Crippen molar-refractivity contribution in [3.05, 3.63) is 29.7 Å². The van der Waals surface area contributed by atoms with Crippen LogP contribution in [0, 0.1) is 6.92 Å². The highest BCUT2D eigenvalue weighted by molar-refractivity contribution is 5.52. The molecule has 1 aromatic rings. The third kappa shape index (κ3) is 2.47. The standard InChI is InChI=1S/C10H13NO2/c1-8-6-10(13-3)11-7-9(8)4-5-12-2/h4-7H,1-3H3. The van der Waals surface area contributed by atoms with Crippen molar-refractivity contribution in [2.24, 2.45) is 0 Å². The van der Waals surface area contributed by atoms with Crippen molar-refractivity contribution in [1.29, 1.82) is 0 Å². The van der Waals surface area contributed by atoms with Crippen LogP contribution in [0.3, 0.4) is 0 Å². The smallest absolute Gasteiger partial charge is 0.213 e. The first-order chi connectivity index (χ1) is 6.27. The van der Waals surface area contributed by atoms with Gasteiger partial charge in [-0.1, -0.05) is 0 Å². The number of rotatable bonds is 3. The molecule has 0 fully saturated rings. The summed E-state index contributed by atoms with van der Waals surface area (Å²) in [5, 5.41) is 0. The van der Waals surface area contributed by atoms with Crippen molar-refractivity contribution in [2.75, 3.05) is 14.2 Å². The van der Waals surface area contributed by atoms with Crippen LogP contribution in [-0.2, 0) is 4.74 Å². The van der Waals surface area contributed by atoms with Gasteiger partial charge in [0.2, 0.25) is 5.88 Å². The monoisotopic (exact) mass is 179 g/mol. The highest BCUT2D eigenvalue weighted by atomic mass is 16.5. The van der Waals surface area contributed by atoms with E-state index in [0.29, 0.717) is 5.88 Å². The molecule has 70 valence electrons. The van der Waals surface area contributed by atoms with E-state index in [2.05, 4.69) is 4.98 Å². The number of hydrogen-bond donors (Lipinski definition) is 0. The Labute approximate surface area is 78.0 Å². The Hall–Kier alpha value is -1.51. The highest BCUT2D eigenvalue weighted by Gasteiger charge is 1.97. The first kappa shape index (κ1) is 9.58. The summed E-state index contributed by atoms with van der Waals surface area (Å²) in [7, 11) is 3.22. The average molecular weight is 179 g/mol. The zero-order valence-corrected chi connectivity index (χ0v) is 8.07. The maximum absolute atomic E-state index is 4.99. The van der Waals surface area contributed by atoms with Crippen molar-refractivity contribution >= 4 is 6.08 Å². The number of aryl methyl sites for hydroxylation is 1. The summed E-state index contributed by atoms with van der Waals surface area (Å²) < 4.78 is 9.81. The number of hydrogen-bond acceptors (Lipinski definition) is 3. The first-order valence-corrected chi connectivity index (χ1v) is 3.98. The molecule has 0 aliphatic rings. The maximum Gasteiger partial charge on any atom is 0.213 e. The minimum atomic E-state index is 0.632. The minimum Gasteiger partial charge on any atom is -0.504 e. The van der Waals surface area contributed by atoms with Gasteiger partial charge in [-0.25, -0.2) is 4.98 Å². The van der Waals surface area contributed by atoms with Gasteiger partial charge in [0.15, 0.2) is 0 Å². The lowest BCUT2D eigenvalue weighted by Crippen LogP contribution is -1.90. The second-order valence-corrected chi connectivity index (χ2v) is 2.62. The molecule has 0 saturated carbocycles. The van der Waals surface area contributed by atoms with Gasteiger partial charge in [-0.05, 0) is 24.1 Å². The van der Waals surface area contributed by atoms with E-state index in [4.69, 9.17) is 9.47 Å². The Morgan fingerprint density at radius 1 is 1.38 bits per heavy atom. The third-order valence-corrected chi connectivity index (χ3v) is 1.72. The third-order valence-electron chi connectivity index (χ3n) is 1.72. The number of aromatic nitrogens is 1. The summed E-state index contributed by atoms with van der Waals surface area (Å²) in [5.41, 5.74) is 2.14. The van der Waals surface area contributed by atoms with Crippen molar-refractivity contribution in [3.8, 4) is 5.88 Å². The molecule has 0 amide bonds. The van der Waals surface area contributed by atoms with E-state index in [1.165, 1.54) is 0 Å². The van der Waals surface area contributed by atoms with Crippen LogP contribution >= 0.6 is 0 Å². The average Bonchev–Trinajstić information content (AvgIpc) is 2.16. The fourth-order valence-electron chi connectivity index (χ4n) is 0.968. The quantitative estimate of drug-likeness (QED) is 0.665. The molecule has 1 rings (SSSR count). The minimum absolute atomic E-state index is 0.632. The molecule has 0 radical (unpaired) electrons. The van der Waals surface area contributed by atoms with Crippen LogP contribution in [0.25, 0.3) is 6.08 Å². The number of ether oxygens (including phenoxy) is 2. The molecule has 0 aliphatic heterocycles. The second kappa shape index (κ2) is 4.50. The lowest BCUT2D eigenvalue weighted by molar-refractivity contribution is 0.341. The van der Waals surface area contributed by atoms with Gasteiger partial charge in [0.1, 0.15) is 0 Å². The topological polar surface area (TPSA) is 31.4 Å². The van der Waals surface area contributed by atoms with Crippen LogP contribution in [0.1, 0.15) is 11.1 Å². The van der Waals surface area contributed by atoms with Crippen LogP contribution in [0.15, 0.2) is 18.5 Å². The summed E-state index contributed by atoms with van der Waals surface area (Å²) in [6.07, 6.45) is 5.24. The SMILES string of the molecule is COC=Cc1cnc(OC)cc1C. The second-order valence-electron chi connectivity index (χ2n) is 2.62. The molecule has 13 heavy (non-hydrogen) atoms. The van der Waals surface area contributed by atoms with E-state index in [0.717, 1.165) is 11.1 Å². The molecule has 0 bridgehead atoms. The van der Waals surface area contributed by atoms with E-state index in [1.807, 2.05) is 19.1 Å². The molecule has 3 heteroatoms. The summed E-state index contributed by atoms with van der Waals surface area (Å²) in [5.74, 6) is 0.632. The fourth-order valence-corrected chi connectivity index (χ4v) is 0.968. The predicted octanol–water partition coefficient (Wildman–Crippen LogP) is 2.02. The molecule has 0 saturated heterocycles. The Morgan fingerprint density at radius 3 is 2.69 bits per heavy atom. The van der Waals surface area contributed by atoms with Gasteiger partial charge < -0.3 is 9.47 Å². The molecular formula is C10H13NO2. The Bertz CT molecular complexity index is 308. The number of pyridine rings is 1. The lowest BCUT2D eigenvalue weighted by Gasteiger charge is -2.02. The van der Waals surface area contributed by atoms with Gasteiger partial charge in [-0.15, -0.1) is 0 Å². The fraction of sp³-hybridized carbons (Fsp3) is 0.300. The largest absolute Gasteiger partial charge is 0.504 e. The number of methoxy groups -OCH3 is 2. The predicted molar refractivity (Wildman–Crippen MR) is 51.6 cm³/mol. The van der Waals surface area contributed by atoms with Crippen LogP contribution in [-0.4, -0.2) is 19.2 Å². The summed E-state index contributed by atoms with van der Waals surface area (Å²) in [4.78, 5) is 4.08. The van der Waals surface area contributed by atoms with Crippen LogP contribution in [0.4, 0.5) is 0 Å². The molecule has 1 aromatic heterocycles. The summed E-state index contributed by atoms with van der Waals surface area (Å²) in [6, 6.07) is 1.88. The van der Waals surface area contributed by atoms with Crippen molar-refractivity contribution in [3.63, 3.8) is 0 Å². The zero-order chi connectivity index (χ0) is 9.68. The molecular weight excluding hydrogens is 166 g/mol. The zero-order valence-electron chi connectivity index (χ0n) is 8.07. The first-order valence-electron chi connectivity index (χ1n) is 3.98. The van der Waals surface area contributed by atoms with Crippen molar-refractivity contribution in [1.82, 2.24) is 4.98 Å².